The molecule has 8 unspecified atom stereocenters. The number of allylic oxidation sites excluding steroid dienone is 4. The van der Waals surface area contributed by atoms with Crippen LogP contribution in [0.3, 0.4) is 0 Å². The van der Waals surface area contributed by atoms with Gasteiger partial charge in [-0.3, -0.25) is 9.59 Å². The van der Waals surface area contributed by atoms with Crippen LogP contribution < -0.4 is 0 Å². The van der Waals surface area contributed by atoms with E-state index in [9.17, 15) is 24.3 Å². The zero-order valence-electron chi connectivity index (χ0n) is 22.2. The number of ketones is 1. The number of halogens is 2. The number of hydrogen-bond acceptors (Lipinski definition) is 6. The lowest BCUT2D eigenvalue weighted by Crippen LogP contribution is -2.66. The molecule has 3 fully saturated rings. The van der Waals surface area contributed by atoms with Gasteiger partial charge in [0.15, 0.2) is 16.6 Å². The number of hydroxylamine groups is 2. The van der Waals surface area contributed by atoms with Crippen molar-refractivity contribution in [1.82, 2.24) is 5.06 Å². The molecule has 3 saturated carbocycles. The topological polar surface area (TPSA) is 77.8 Å². The van der Waals surface area contributed by atoms with E-state index in [1.165, 1.54) is 17.2 Å². The highest BCUT2D eigenvalue weighted by molar-refractivity contribution is 8.13. The summed E-state index contributed by atoms with van der Waals surface area (Å²) in [7, 11) is 0. The molecule has 38 heavy (non-hydrogen) atoms. The summed E-state index contributed by atoms with van der Waals surface area (Å²) in [6.45, 7) is 6.17. The Hall–Kier alpha value is -1.87. The molecule has 0 heterocycles. The van der Waals surface area contributed by atoms with Crippen LogP contribution in [0.1, 0.15) is 50.7 Å². The molecule has 0 saturated heterocycles. The molecule has 0 radical (unpaired) electrons. The number of aliphatic hydroxyl groups is 1. The number of aliphatic hydroxyl groups excluding tert-OH is 1. The van der Waals surface area contributed by atoms with E-state index in [1.807, 2.05) is 38.1 Å². The van der Waals surface area contributed by atoms with Gasteiger partial charge in [0.1, 0.15) is 6.01 Å². The van der Waals surface area contributed by atoms with Crippen molar-refractivity contribution in [3.63, 3.8) is 0 Å². The lowest BCUT2D eigenvalue weighted by molar-refractivity contribution is -0.194. The zero-order chi connectivity index (χ0) is 27.5. The zero-order valence-corrected chi connectivity index (χ0v) is 23.0. The molecule has 0 amide bonds. The number of aryl methyl sites for hydroxylation is 1. The molecule has 2 N–H and O–H groups in total. The van der Waals surface area contributed by atoms with Gasteiger partial charge in [0.05, 0.1) is 6.10 Å². The van der Waals surface area contributed by atoms with E-state index < -0.39 is 40.4 Å². The Balaban J connectivity index is 1.47. The lowest BCUT2D eigenvalue weighted by Gasteiger charge is -2.61. The second-order valence-corrected chi connectivity index (χ2v) is 13.1. The van der Waals surface area contributed by atoms with Gasteiger partial charge in [-0.05, 0) is 74.5 Å². The Morgan fingerprint density at radius 3 is 2.74 bits per heavy atom. The maximum Gasteiger partial charge on any atom is 0.195 e. The van der Waals surface area contributed by atoms with Gasteiger partial charge in [-0.2, -0.15) is 5.06 Å². The number of hydrogen-bond donors (Lipinski definition) is 2. The Bertz CT molecular complexity index is 1190. The van der Waals surface area contributed by atoms with Crippen molar-refractivity contribution in [2.24, 2.45) is 34.5 Å². The van der Waals surface area contributed by atoms with Gasteiger partial charge in [0.2, 0.25) is 0 Å². The van der Waals surface area contributed by atoms with Crippen molar-refractivity contribution in [3.05, 3.63) is 59.2 Å². The van der Waals surface area contributed by atoms with Gasteiger partial charge >= 0.3 is 0 Å². The molecule has 4 aliphatic rings. The first-order chi connectivity index (χ1) is 17.9. The number of alkyl halides is 2. The summed E-state index contributed by atoms with van der Waals surface area (Å²) in [5.41, 5.74) is -1.11. The molecule has 8 atom stereocenters. The van der Waals surface area contributed by atoms with Crippen LogP contribution in [-0.4, -0.2) is 50.6 Å². The van der Waals surface area contributed by atoms with Gasteiger partial charge in [0, 0.05) is 30.3 Å². The third-order valence-corrected chi connectivity index (χ3v) is 10.8. The summed E-state index contributed by atoms with van der Waals surface area (Å²) in [6, 6.07) is 6.98. The standard InChI is InChI=1S/C30H37F2NO4S/c1-18-5-4-6-19(11-18)15-33(37)16-20-12-24-23-8-7-21-13-22(34)9-10-29(21,3)30(23,32)25(35)14-28(24,2)26(20)27(36)38-17-31/h4-6,9-11,13,20,23-26,35,37H,7-8,12,14-17H2,1-3H3. The number of fused-ring (bicyclic) bond motifs is 5. The molecule has 206 valence electrons. The number of carbonyl (C=O) groups is 2. The van der Waals surface area contributed by atoms with Gasteiger partial charge in [-0.25, -0.2) is 8.78 Å². The fourth-order valence-electron chi connectivity index (χ4n) is 8.53. The highest BCUT2D eigenvalue weighted by Gasteiger charge is 2.72. The lowest BCUT2D eigenvalue weighted by atomic mass is 9.45. The summed E-state index contributed by atoms with van der Waals surface area (Å²) < 4.78 is 30.8. The van der Waals surface area contributed by atoms with Crippen LogP contribution in [-0.2, 0) is 16.1 Å². The van der Waals surface area contributed by atoms with Crippen molar-refractivity contribution >= 4 is 22.7 Å². The van der Waals surface area contributed by atoms with Crippen molar-refractivity contribution in [2.75, 3.05) is 12.6 Å². The number of rotatable bonds is 6. The third kappa shape index (κ3) is 4.23. The summed E-state index contributed by atoms with van der Waals surface area (Å²) in [5, 5.41) is 23.3. The van der Waals surface area contributed by atoms with Crippen LogP contribution in [0.25, 0.3) is 0 Å². The van der Waals surface area contributed by atoms with Crippen molar-refractivity contribution in [3.8, 4) is 0 Å². The molecule has 0 bridgehead atoms. The van der Waals surface area contributed by atoms with Gasteiger partial charge in [0.25, 0.3) is 0 Å². The van der Waals surface area contributed by atoms with Gasteiger partial charge in [-0.1, -0.05) is 60.2 Å². The number of carbonyl (C=O) groups excluding carboxylic acids is 2. The van der Waals surface area contributed by atoms with E-state index in [2.05, 4.69) is 0 Å². The highest BCUT2D eigenvalue weighted by Crippen LogP contribution is 2.70. The van der Waals surface area contributed by atoms with Crippen LogP contribution in [0.2, 0.25) is 0 Å². The first-order valence-corrected chi connectivity index (χ1v) is 14.5. The monoisotopic (exact) mass is 545 g/mol. The molecule has 8 heteroatoms. The molecule has 1 aromatic rings. The van der Waals surface area contributed by atoms with E-state index in [1.54, 1.807) is 13.0 Å². The molecule has 5 nitrogen and oxygen atoms in total. The Morgan fingerprint density at radius 1 is 1.26 bits per heavy atom. The average Bonchev–Trinajstić information content (AvgIpc) is 3.11. The number of benzene rings is 1. The second kappa shape index (κ2) is 9.95. The minimum Gasteiger partial charge on any atom is -0.390 e. The van der Waals surface area contributed by atoms with Crippen molar-refractivity contribution < 1.29 is 28.7 Å². The van der Waals surface area contributed by atoms with Gasteiger partial charge in [-0.15, -0.1) is 0 Å². The van der Waals surface area contributed by atoms with Crippen LogP contribution >= 0.6 is 11.8 Å². The molecule has 5 rings (SSSR count). The van der Waals surface area contributed by atoms with E-state index in [0.29, 0.717) is 36.6 Å². The minimum absolute atomic E-state index is 0.0678. The van der Waals surface area contributed by atoms with E-state index in [0.717, 1.165) is 11.1 Å². The summed E-state index contributed by atoms with van der Waals surface area (Å²) in [4.78, 5) is 25.4. The maximum atomic E-state index is 17.4. The summed E-state index contributed by atoms with van der Waals surface area (Å²) >= 11 is 0.628. The third-order valence-electron chi connectivity index (χ3n) is 10.2. The molecule has 0 aromatic heterocycles. The first kappa shape index (κ1) is 27.7. The van der Waals surface area contributed by atoms with Crippen LogP contribution in [0.5, 0.6) is 0 Å². The molecule has 4 aliphatic carbocycles. The SMILES string of the molecule is Cc1cccc(CN(O)CC2CC3C4CCC5=CC(=O)C=CC5(C)C4(F)C(O)CC3(C)C2C(=O)SCF)c1. The van der Waals surface area contributed by atoms with Crippen molar-refractivity contribution in [2.45, 2.75) is 64.8 Å². The number of nitrogens with zero attached hydrogens (tertiary/aromatic N) is 1. The summed E-state index contributed by atoms with van der Waals surface area (Å²) in [6.07, 6.45) is 4.76. The fraction of sp³-hybridized carbons (Fsp3) is 0.600. The molecule has 0 aliphatic heterocycles. The van der Waals surface area contributed by atoms with E-state index >= 15 is 4.39 Å². The summed E-state index contributed by atoms with van der Waals surface area (Å²) in [5.74, 6) is -1.86. The average molecular weight is 546 g/mol. The van der Waals surface area contributed by atoms with Crippen LogP contribution in [0.15, 0.2) is 48.1 Å². The molecule has 0 spiro atoms. The van der Waals surface area contributed by atoms with Crippen LogP contribution in [0.4, 0.5) is 8.78 Å². The van der Waals surface area contributed by atoms with Crippen LogP contribution in [0, 0.1) is 41.4 Å². The Morgan fingerprint density at radius 2 is 2.03 bits per heavy atom. The Kier molecular flexibility index (Phi) is 7.25. The van der Waals surface area contributed by atoms with E-state index in [-0.39, 0.29) is 42.2 Å². The quantitative estimate of drug-likeness (QED) is 0.454. The fourth-order valence-corrected chi connectivity index (χ4v) is 9.28. The Labute approximate surface area is 227 Å². The normalized spacial score (nSPS) is 39.9. The predicted molar refractivity (Wildman–Crippen MR) is 143 cm³/mol. The predicted octanol–water partition coefficient (Wildman–Crippen LogP) is 5.59. The highest BCUT2D eigenvalue weighted by atomic mass is 32.2. The molecular weight excluding hydrogens is 508 g/mol. The maximum absolute atomic E-state index is 17.4. The molecule has 1 aromatic carbocycles. The van der Waals surface area contributed by atoms with Crippen molar-refractivity contribution in [1.29, 1.82) is 0 Å². The second-order valence-electron chi connectivity index (χ2n) is 12.2. The minimum atomic E-state index is -1.99. The van der Waals surface area contributed by atoms with Gasteiger partial charge < -0.3 is 10.3 Å². The van der Waals surface area contributed by atoms with E-state index in [4.69, 9.17) is 0 Å². The molecular formula is C30H37F2NO4S. The first-order valence-electron chi connectivity index (χ1n) is 13.5. The number of thioether (sulfide) groups is 1. The smallest absolute Gasteiger partial charge is 0.195 e. The largest absolute Gasteiger partial charge is 0.390 e.